The normalized spacial score (nSPS) is 12.5. The molecule has 2 aromatic rings. The fourth-order valence-electron chi connectivity index (χ4n) is 1.66. The Morgan fingerprint density at radius 1 is 1.33 bits per heavy atom. The van der Waals surface area contributed by atoms with E-state index in [2.05, 4.69) is 31.9 Å². The zero-order valence-corrected chi connectivity index (χ0v) is 12.6. The van der Waals surface area contributed by atoms with Crippen LogP contribution in [0.2, 0.25) is 0 Å². The summed E-state index contributed by atoms with van der Waals surface area (Å²) in [6.45, 7) is 0. The predicted molar refractivity (Wildman–Crippen MR) is 73.1 cm³/mol. The standard InChI is InChI=1S/C12H10Br2FNO2/c1-17-10-5-9(15)8(13)4-7(10)11(16)6-2-3-18-12(6)14/h2-5,11H,16H2,1H3. The van der Waals surface area contributed by atoms with E-state index in [0.29, 0.717) is 20.5 Å². The van der Waals surface area contributed by atoms with E-state index in [1.165, 1.54) is 19.4 Å². The van der Waals surface area contributed by atoms with Crippen LogP contribution in [-0.2, 0) is 0 Å². The van der Waals surface area contributed by atoms with E-state index in [-0.39, 0.29) is 0 Å². The molecule has 0 bridgehead atoms. The molecule has 0 amide bonds. The van der Waals surface area contributed by atoms with Crippen molar-refractivity contribution in [2.24, 2.45) is 5.73 Å². The number of ether oxygens (including phenoxy) is 1. The van der Waals surface area contributed by atoms with Crippen LogP contribution in [0.3, 0.4) is 0 Å². The molecule has 1 heterocycles. The number of benzene rings is 1. The summed E-state index contributed by atoms with van der Waals surface area (Å²) in [4.78, 5) is 0. The van der Waals surface area contributed by atoms with E-state index in [0.717, 1.165) is 5.56 Å². The first kappa shape index (κ1) is 13.6. The average Bonchev–Trinajstić information content (AvgIpc) is 2.77. The first-order valence-corrected chi connectivity index (χ1v) is 6.64. The number of rotatable bonds is 3. The highest BCUT2D eigenvalue weighted by molar-refractivity contribution is 9.10. The molecular formula is C12H10Br2FNO2. The predicted octanol–water partition coefficient (Wildman–Crippen LogP) is 4.00. The van der Waals surface area contributed by atoms with Gasteiger partial charge in [-0.1, -0.05) is 0 Å². The topological polar surface area (TPSA) is 48.4 Å². The van der Waals surface area contributed by atoms with Gasteiger partial charge in [-0.3, -0.25) is 0 Å². The summed E-state index contributed by atoms with van der Waals surface area (Å²) in [7, 11) is 1.48. The third-order valence-corrected chi connectivity index (χ3v) is 3.84. The second-order valence-electron chi connectivity index (χ2n) is 3.64. The Morgan fingerprint density at radius 3 is 2.61 bits per heavy atom. The number of hydrogen-bond acceptors (Lipinski definition) is 3. The van der Waals surface area contributed by atoms with Crippen LogP contribution in [0.25, 0.3) is 0 Å². The van der Waals surface area contributed by atoms with Gasteiger partial charge < -0.3 is 14.9 Å². The van der Waals surface area contributed by atoms with Gasteiger partial charge in [0, 0.05) is 17.2 Å². The third-order valence-electron chi connectivity index (χ3n) is 2.59. The van der Waals surface area contributed by atoms with Crippen molar-refractivity contribution in [2.45, 2.75) is 6.04 Å². The first-order valence-electron chi connectivity index (χ1n) is 5.06. The van der Waals surface area contributed by atoms with Crippen molar-refractivity contribution in [3.05, 3.63) is 50.5 Å². The zero-order chi connectivity index (χ0) is 13.3. The molecule has 0 saturated carbocycles. The lowest BCUT2D eigenvalue weighted by Gasteiger charge is -2.15. The van der Waals surface area contributed by atoms with Crippen LogP contribution in [0.4, 0.5) is 4.39 Å². The van der Waals surface area contributed by atoms with Crippen LogP contribution in [0.15, 0.2) is 38.0 Å². The Labute approximate surface area is 120 Å². The number of furan rings is 1. The summed E-state index contributed by atoms with van der Waals surface area (Å²) < 4.78 is 24.6. The van der Waals surface area contributed by atoms with Gasteiger partial charge in [0.25, 0.3) is 0 Å². The van der Waals surface area contributed by atoms with Crippen molar-refractivity contribution in [1.29, 1.82) is 0 Å². The molecule has 0 saturated heterocycles. The summed E-state index contributed by atoms with van der Waals surface area (Å²) >= 11 is 6.41. The molecule has 0 aliphatic heterocycles. The van der Waals surface area contributed by atoms with Crippen LogP contribution < -0.4 is 10.5 Å². The summed E-state index contributed by atoms with van der Waals surface area (Å²) in [5.74, 6) is 0.00496. The van der Waals surface area contributed by atoms with Crippen molar-refractivity contribution >= 4 is 31.9 Å². The molecule has 96 valence electrons. The van der Waals surface area contributed by atoms with Crippen LogP contribution in [0.1, 0.15) is 17.2 Å². The van der Waals surface area contributed by atoms with Crippen molar-refractivity contribution < 1.29 is 13.5 Å². The van der Waals surface area contributed by atoms with Crippen molar-refractivity contribution in [1.82, 2.24) is 0 Å². The number of hydrogen-bond donors (Lipinski definition) is 1. The third kappa shape index (κ3) is 2.46. The van der Waals surface area contributed by atoms with Gasteiger partial charge in [0.1, 0.15) is 11.6 Å². The molecule has 2 N–H and O–H groups in total. The van der Waals surface area contributed by atoms with Gasteiger partial charge in [-0.2, -0.15) is 0 Å². The molecular weight excluding hydrogens is 369 g/mol. The Bertz CT molecular complexity index is 571. The second kappa shape index (κ2) is 5.42. The molecule has 1 aromatic heterocycles. The molecule has 0 aliphatic carbocycles. The monoisotopic (exact) mass is 377 g/mol. The lowest BCUT2D eigenvalue weighted by Crippen LogP contribution is -2.13. The molecule has 3 nitrogen and oxygen atoms in total. The van der Waals surface area contributed by atoms with E-state index in [4.69, 9.17) is 14.9 Å². The molecule has 18 heavy (non-hydrogen) atoms. The Balaban J connectivity index is 2.50. The van der Waals surface area contributed by atoms with Crippen molar-refractivity contribution in [3.8, 4) is 5.75 Å². The molecule has 1 aromatic carbocycles. The van der Waals surface area contributed by atoms with Crippen molar-refractivity contribution in [2.75, 3.05) is 7.11 Å². The van der Waals surface area contributed by atoms with E-state index < -0.39 is 11.9 Å². The van der Waals surface area contributed by atoms with Gasteiger partial charge in [0.15, 0.2) is 4.67 Å². The van der Waals surface area contributed by atoms with E-state index in [1.807, 2.05) is 0 Å². The zero-order valence-electron chi connectivity index (χ0n) is 9.41. The highest BCUT2D eigenvalue weighted by Crippen LogP contribution is 2.35. The molecule has 0 spiro atoms. The van der Waals surface area contributed by atoms with E-state index >= 15 is 0 Å². The summed E-state index contributed by atoms with van der Waals surface area (Å²) in [6, 6.07) is 4.20. The molecule has 1 unspecified atom stereocenters. The summed E-state index contributed by atoms with van der Waals surface area (Å²) in [5.41, 5.74) is 7.59. The van der Waals surface area contributed by atoms with Gasteiger partial charge >= 0.3 is 0 Å². The SMILES string of the molecule is COc1cc(F)c(Br)cc1C(N)c1ccoc1Br. The van der Waals surface area contributed by atoms with E-state index in [9.17, 15) is 4.39 Å². The largest absolute Gasteiger partial charge is 0.496 e. The molecule has 1 atom stereocenters. The molecule has 6 heteroatoms. The number of nitrogens with two attached hydrogens (primary N) is 1. The van der Waals surface area contributed by atoms with Gasteiger partial charge in [0.05, 0.1) is 23.9 Å². The summed E-state index contributed by atoms with van der Waals surface area (Å²) in [6.07, 6.45) is 1.53. The van der Waals surface area contributed by atoms with Gasteiger partial charge in [0.2, 0.25) is 0 Å². The van der Waals surface area contributed by atoms with E-state index in [1.54, 1.807) is 12.1 Å². The highest BCUT2D eigenvalue weighted by atomic mass is 79.9. The fourth-order valence-corrected chi connectivity index (χ4v) is 2.51. The van der Waals surface area contributed by atoms with Gasteiger partial charge in [-0.15, -0.1) is 0 Å². The Kier molecular flexibility index (Phi) is 4.09. The van der Waals surface area contributed by atoms with Crippen LogP contribution in [-0.4, -0.2) is 7.11 Å². The number of methoxy groups -OCH3 is 1. The minimum Gasteiger partial charge on any atom is -0.496 e. The second-order valence-corrected chi connectivity index (χ2v) is 5.21. The first-order chi connectivity index (χ1) is 8.54. The minimum atomic E-state index is -0.468. The van der Waals surface area contributed by atoms with Crippen LogP contribution in [0.5, 0.6) is 5.75 Å². The van der Waals surface area contributed by atoms with Crippen LogP contribution in [0, 0.1) is 5.82 Å². The van der Waals surface area contributed by atoms with Gasteiger partial charge in [-0.05, 0) is 44.0 Å². The molecule has 0 aliphatic rings. The average molecular weight is 379 g/mol. The maximum absolute atomic E-state index is 13.4. The smallest absolute Gasteiger partial charge is 0.174 e. The number of halogens is 3. The molecule has 0 radical (unpaired) electrons. The summed E-state index contributed by atoms with van der Waals surface area (Å²) in [5, 5.41) is 0. The lowest BCUT2D eigenvalue weighted by atomic mass is 10.0. The lowest BCUT2D eigenvalue weighted by molar-refractivity contribution is 0.403. The van der Waals surface area contributed by atoms with Crippen LogP contribution >= 0.6 is 31.9 Å². The maximum atomic E-state index is 13.4. The fraction of sp³-hybridized carbons (Fsp3) is 0.167. The molecule has 0 fully saturated rings. The quantitative estimate of drug-likeness (QED) is 0.878. The highest BCUT2D eigenvalue weighted by Gasteiger charge is 2.20. The Morgan fingerprint density at radius 2 is 2.06 bits per heavy atom. The van der Waals surface area contributed by atoms with Gasteiger partial charge in [-0.25, -0.2) is 4.39 Å². The minimum absolute atomic E-state index is 0.341. The molecule has 2 rings (SSSR count). The maximum Gasteiger partial charge on any atom is 0.174 e. The van der Waals surface area contributed by atoms with Crippen molar-refractivity contribution in [3.63, 3.8) is 0 Å². The Hall–Kier alpha value is -0.850.